The maximum absolute atomic E-state index is 10.8. The number of thiazole rings is 1. The second-order valence-electron chi connectivity index (χ2n) is 5.10. The molecule has 0 aliphatic carbocycles. The van der Waals surface area contributed by atoms with Crippen LogP contribution in [0.25, 0.3) is 11.3 Å². The Morgan fingerprint density at radius 2 is 2.15 bits per heavy atom. The number of aromatic nitrogens is 1. The highest BCUT2D eigenvalue weighted by molar-refractivity contribution is 7.10. The van der Waals surface area contributed by atoms with Crippen LogP contribution in [0.1, 0.15) is 35.1 Å². The zero-order valence-corrected chi connectivity index (χ0v) is 11.9. The summed E-state index contributed by atoms with van der Waals surface area (Å²) in [5, 5.41) is 11.9. The number of nitrogens with zero attached hydrogens (tertiary/aromatic N) is 1. The van der Waals surface area contributed by atoms with Crippen molar-refractivity contribution in [3.63, 3.8) is 0 Å². The molecule has 0 amide bonds. The number of hydrogen-bond acceptors (Lipinski definition) is 4. The van der Waals surface area contributed by atoms with Crippen LogP contribution in [0.4, 0.5) is 0 Å². The van der Waals surface area contributed by atoms with E-state index in [1.807, 2.05) is 5.38 Å². The van der Waals surface area contributed by atoms with Crippen molar-refractivity contribution in [3.05, 3.63) is 40.2 Å². The molecule has 1 aliphatic heterocycles. The lowest BCUT2D eigenvalue weighted by Gasteiger charge is -2.19. The van der Waals surface area contributed by atoms with Gasteiger partial charge in [0.05, 0.1) is 11.3 Å². The Hall–Kier alpha value is -1.72. The van der Waals surface area contributed by atoms with Gasteiger partial charge in [-0.3, -0.25) is 0 Å². The van der Waals surface area contributed by atoms with E-state index in [1.165, 1.54) is 0 Å². The van der Waals surface area contributed by atoms with Gasteiger partial charge in [-0.15, -0.1) is 11.3 Å². The van der Waals surface area contributed by atoms with Gasteiger partial charge in [0, 0.05) is 17.6 Å². The van der Waals surface area contributed by atoms with Gasteiger partial charge in [-0.1, -0.05) is 12.1 Å². The van der Waals surface area contributed by atoms with E-state index < -0.39 is 5.97 Å². The molecule has 2 aromatic rings. The summed E-state index contributed by atoms with van der Waals surface area (Å²) in [5.74, 6) is -0.914. The van der Waals surface area contributed by atoms with Gasteiger partial charge in [-0.25, -0.2) is 9.78 Å². The smallest absolute Gasteiger partial charge is 0.335 e. The number of carboxylic acid groups (broad SMARTS) is 1. The fraction of sp³-hybridized carbons (Fsp3) is 0.333. The van der Waals surface area contributed by atoms with E-state index in [2.05, 4.69) is 11.9 Å². The molecule has 1 saturated heterocycles. The van der Waals surface area contributed by atoms with Crippen molar-refractivity contribution in [3.8, 4) is 11.3 Å². The first-order chi connectivity index (χ1) is 9.58. The molecule has 1 N–H and O–H groups in total. The number of ether oxygens (including phenoxy) is 1. The molecular weight excluding hydrogens is 274 g/mol. The number of carboxylic acids is 1. The molecule has 0 saturated carbocycles. The topological polar surface area (TPSA) is 59.4 Å². The normalized spacial score (nSPS) is 22.1. The number of carbonyl (C=O) groups is 1. The Kier molecular flexibility index (Phi) is 3.31. The van der Waals surface area contributed by atoms with E-state index in [1.54, 1.807) is 35.6 Å². The minimum absolute atomic E-state index is 0.260. The molecule has 20 heavy (non-hydrogen) atoms. The molecule has 1 aromatic heterocycles. The highest BCUT2D eigenvalue weighted by Crippen LogP contribution is 2.38. The fourth-order valence-electron chi connectivity index (χ4n) is 2.38. The monoisotopic (exact) mass is 289 g/mol. The fourth-order valence-corrected chi connectivity index (χ4v) is 3.35. The van der Waals surface area contributed by atoms with Crippen LogP contribution in [0.15, 0.2) is 29.6 Å². The van der Waals surface area contributed by atoms with Gasteiger partial charge >= 0.3 is 5.97 Å². The van der Waals surface area contributed by atoms with Crippen LogP contribution in [0.2, 0.25) is 0 Å². The van der Waals surface area contributed by atoms with E-state index in [-0.39, 0.29) is 11.2 Å². The van der Waals surface area contributed by atoms with Crippen LogP contribution >= 0.6 is 11.3 Å². The van der Waals surface area contributed by atoms with Crippen molar-refractivity contribution in [2.24, 2.45) is 0 Å². The second-order valence-corrected chi connectivity index (χ2v) is 5.96. The molecule has 1 atom stereocenters. The van der Waals surface area contributed by atoms with Crippen molar-refractivity contribution < 1.29 is 14.6 Å². The second kappa shape index (κ2) is 5.00. The first-order valence-electron chi connectivity index (χ1n) is 6.52. The molecule has 104 valence electrons. The number of benzene rings is 1. The quantitative estimate of drug-likeness (QED) is 0.939. The van der Waals surface area contributed by atoms with Crippen LogP contribution in [-0.2, 0) is 10.3 Å². The lowest BCUT2D eigenvalue weighted by atomic mass is 10.0. The third kappa shape index (κ3) is 2.34. The summed E-state index contributed by atoms with van der Waals surface area (Å²) in [6.45, 7) is 2.87. The summed E-state index contributed by atoms with van der Waals surface area (Å²) in [5.41, 5.74) is 1.83. The Morgan fingerprint density at radius 3 is 2.75 bits per heavy atom. The summed E-state index contributed by atoms with van der Waals surface area (Å²) >= 11 is 1.60. The van der Waals surface area contributed by atoms with Gasteiger partial charge in [0.15, 0.2) is 0 Å². The Morgan fingerprint density at radius 1 is 1.40 bits per heavy atom. The zero-order chi connectivity index (χ0) is 14.2. The molecule has 1 fully saturated rings. The van der Waals surface area contributed by atoms with E-state index in [9.17, 15) is 4.79 Å². The minimum atomic E-state index is -0.914. The molecule has 1 aliphatic rings. The molecule has 1 aromatic carbocycles. The highest BCUT2D eigenvalue weighted by atomic mass is 32.1. The van der Waals surface area contributed by atoms with Gasteiger partial charge in [0.2, 0.25) is 0 Å². The molecule has 1 unspecified atom stereocenters. The predicted octanol–water partition coefficient (Wildman–Crippen LogP) is 3.53. The third-order valence-corrected chi connectivity index (χ3v) is 4.69. The summed E-state index contributed by atoms with van der Waals surface area (Å²) < 4.78 is 5.80. The van der Waals surface area contributed by atoms with E-state index >= 15 is 0 Å². The first-order valence-corrected chi connectivity index (χ1v) is 7.40. The summed E-state index contributed by atoms with van der Waals surface area (Å²) in [4.78, 5) is 15.5. The van der Waals surface area contributed by atoms with Crippen molar-refractivity contribution in [2.45, 2.75) is 25.4 Å². The Labute approximate surface area is 121 Å². The molecule has 0 spiro atoms. The molecule has 2 heterocycles. The van der Waals surface area contributed by atoms with Crippen molar-refractivity contribution in [2.75, 3.05) is 6.61 Å². The average Bonchev–Trinajstić information content (AvgIpc) is 3.08. The number of hydrogen-bond donors (Lipinski definition) is 1. The lowest BCUT2D eigenvalue weighted by Crippen LogP contribution is -2.19. The van der Waals surface area contributed by atoms with Crippen LogP contribution in [0, 0.1) is 0 Å². The van der Waals surface area contributed by atoms with Crippen LogP contribution in [0.3, 0.4) is 0 Å². The molecule has 0 bridgehead atoms. The predicted molar refractivity (Wildman–Crippen MR) is 77.0 cm³/mol. The van der Waals surface area contributed by atoms with Gasteiger partial charge < -0.3 is 9.84 Å². The average molecular weight is 289 g/mol. The van der Waals surface area contributed by atoms with E-state index in [4.69, 9.17) is 9.84 Å². The van der Waals surface area contributed by atoms with Gasteiger partial charge in [-0.05, 0) is 31.9 Å². The van der Waals surface area contributed by atoms with Crippen molar-refractivity contribution in [1.82, 2.24) is 4.98 Å². The minimum Gasteiger partial charge on any atom is -0.478 e. The van der Waals surface area contributed by atoms with Crippen LogP contribution in [-0.4, -0.2) is 22.7 Å². The molecular formula is C15H15NO3S. The molecule has 4 nitrogen and oxygen atoms in total. The summed E-state index contributed by atoms with van der Waals surface area (Å²) in [7, 11) is 0. The van der Waals surface area contributed by atoms with Crippen LogP contribution in [0.5, 0.6) is 0 Å². The maximum Gasteiger partial charge on any atom is 0.335 e. The maximum atomic E-state index is 10.8. The molecule has 5 heteroatoms. The van der Waals surface area contributed by atoms with E-state index in [0.29, 0.717) is 0 Å². The zero-order valence-electron chi connectivity index (χ0n) is 11.1. The Bertz CT molecular complexity index is 627. The molecule has 3 rings (SSSR count). The highest BCUT2D eigenvalue weighted by Gasteiger charge is 2.34. The summed E-state index contributed by atoms with van der Waals surface area (Å²) in [6.07, 6.45) is 2.07. The third-order valence-electron chi connectivity index (χ3n) is 3.60. The van der Waals surface area contributed by atoms with Gasteiger partial charge in [0.25, 0.3) is 0 Å². The Balaban J connectivity index is 1.88. The van der Waals surface area contributed by atoms with Crippen molar-refractivity contribution in [1.29, 1.82) is 0 Å². The largest absolute Gasteiger partial charge is 0.478 e. The van der Waals surface area contributed by atoms with Gasteiger partial charge in [0.1, 0.15) is 10.6 Å². The SMILES string of the molecule is CC1(c2nc(-c3ccc(C(=O)O)cc3)cs2)CCCO1. The number of aromatic carboxylic acids is 1. The van der Waals surface area contributed by atoms with E-state index in [0.717, 1.165) is 35.7 Å². The van der Waals surface area contributed by atoms with Crippen LogP contribution < -0.4 is 0 Å². The van der Waals surface area contributed by atoms with Crippen molar-refractivity contribution >= 4 is 17.3 Å². The number of rotatable bonds is 3. The lowest BCUT2D eigenvalue weighted by molar-refractivity contribution is 0.0167. The standard InChI is InChI=1S/C15H15NO3S/c1-15(7-2-8-19-15)14-16-12(9-20-14)10-3-5-11(6-4-10)13(17)18/h3-6,9H,2,7-8H2,1H3,(H,17,18). The molecule has 0 radical (unpaired) electrons. The van der Waals surface area contributed by atoms with Gasteiger partial charge in [-0.2, -0.15) is 0 Å². The summed E-state index contributed by atoms with van der Waals surface area (Å²) in [6, 6.07) is 6.79. The first kappa shape index (κ1) is 13.3.